The highest BCUT2D eigenvalue weighted by Gasteiger charge is 2.12. The average molecular weight is 396 g/mol. The van der Waals surface area contributed by atoms with Crippen LogP contribution in [0.1, 0.15) is 21.5 Å². The number of carbonyl (C=O) groups excluding carboxylic acids is 2. The molecule has 0 bridgehead atoms. The second-order valence-corrected chi connectivity index (χ2v) is 7.17. The van der Waals surface area contributed by atoms with Crippen LogP contribution in [-0.4, -0.2) is 34.8 Å². The zero-order valence-electron chi connectivity index (χ0n) is 15.8. The number of benzene rings is 2. The molecule has 3 rings (SSSR count). The van der Waals surface area contributed by atoms with Crippen molar-refractivity contribution in [3.8, 4) is 11.5 Å². The van der Waals surface area contributed by atoms with E-state index >= 15 is 0 Å². The maximum atomic E-state index is 12.1. The molecular weight excluding hydrogens is 376 g/mol. The molecule has 2 aromatic carbocycles. The Morgan fingerprint density at radius 3 is 2.36 bits per heavy atom. The second kappa shape index (κ2) is 8.71. The van der Waals surface area contributed by atoms with Gasteiger partial charge in [-0.1, -0.05) is 29.0 Å². The molecule has 7 nitrogen and oxygen atoms in total. The van der Waals surface area contributed by atoms with Crippen LogP contribution in [0, 0.1) is 13.8 Å². The first-order valence-corrected chi connectivity index (χ1v) is 9.60. The molecule has 1 aromatic heterocycles. The van der Waals surface area contributed by atoms with Crippen molar-refractivity contribution in [2.45, 2.75) is 19.1 Å². The van der Waals surface area contributed by atoms with Crippen molar-refractivity contribution in [3.05, 3.63) is 59.2 Å². The molecule has 2 amide bonds. The zero-order valence-corrected chi connectivity index (χ0v) is 16.6. The van der Waals surface area contributed by atoms with Gasteiger partial charge in [0.25, 0.3) is 11.1 Å². The van der Waals surface area contributed by atoms with Crippen molar-refractivity contribution in [2.75, 3.05) is 18.1 Å². The van der Waals surface area contributed by atoms with E-state index in [1.165, 1.54) is 11.8 Å². The van der Waals surface area contributed by atoms with Crippen LogP contribution in [0.5, 0.6) is 0 Å². The molecule has 1 heterocycles. The van der Waals surface area contributed by atoms with E-state index in [2.05, 4.69) is 26.9 Å². The number of nitrogens with one attached hydrogen (secondary N) is 2. The smallest absolute Gasteiger partial charge is 0.277 e. The second-order valence-electron chi connectivity index (χ2n) is 6.24. The van der Waals surface area contributed by atoms with Crippen LogP contribution in [0.2, 0.25) is 0 Å². The number of nitrogens with zero attached hydrogens (tertiary/aromatic N) is 2. The van der Waals surface area contributed by atoms with Crippen LogP contribution in [-0.2, 0) is 4.79 Å². The molecule has 0 atom stereocenters. The van der Waals surface area contributed by atoms with Crippen LogP contribution in [0.4, 0.5) is 5.69 Å². The summed E-state index contributed by atoms with van der Waals surface area (Å²) in [7, 11) is 1.57. The van der Waals surface area contributed by atoms with Crippen LogP contribution in [0.15, 0.2) is 52.1 Å². The van der Waals surface area contributed by atoms with E-state index in [-0.39, 0.29) is 17.6 Å². The molecule has 8 heteroatoms. The highest BCUT2D eigenvalue weighted by molar-refractivity contribution is 7.99. The fraction of sp³-hybridized carbons (Fsp3) is 0.200. The molecule has 3 aromatic rings. The minimum absolute atomic E-state index is 0.131. The topological polar surface area (TPSA) is 97.1 Å². The van der Waals surface area contributed by atoms with Crippen LogP contribution in [0.3, 0.4) is 0 Å². The van der Waals surface area contributed by atoms with Gasteiger partial charge in [-0.2, -0.15) is 0 Å². The minimum atomic E-state index is -0.205. The van der Waals surface area contributed by atoms with Gasteiger partial charge in [-0.05, 0) is 50.2 Å². The number of amides is 2. The van der Waals surface area contributed by atoms with Crippen LogP contribution >= 0.6 is 11.8 Å². The third-order valence-corrected chi connectivity index (χ3v) is 4.68. The molecule has 2 N–H and O–H groups in total. The number of hydrogen-bond donors (Lipinski definition) is 2. The SMILES string of the molecule is CNC(=O)c1ccc(NC(=O)CSc2nnc(-c3cc(C)cc(C)c3)o2)cc1. The minimum Gasteiger partial charge on any atom is -0.411 e. The molecule has 0 aliphatic rings. The molecule has 144 valence electrons. The van der Waals surface area contributed by atoms with Gasteiger partial charge < -0.3 is 15.1 Å². The number of rotatable bonds is 6. The fourth-order valence-corrected chi connectivity index (χ4v) is 3.22. The normalized spacial score (nSPS) is 10.5. The van der Waals surface area contributed by atoms with Gasteiger partial charge >= 0.3 is 0 Å². The van der Waals surface area contributed by atoms with Crippen molar-refractivity contribution >= 4 is 29.3 Å². The first-order valence-electron chi connectivity index (χ1n) is 8.61. The van der Waals surface area contributed by atoms with Crippen molar-refractivity contribution in [1.29, 1.82) is 0 Å². The Morgan fingerprint density at radius 1 is 1.04 bits per heavy atom. The molecule has 0 radical (unpaired) electrons. The summed E-state index contributed by atoms with van der Waals surface area (Å²) in [5.74, 6) is 0.179. The van der Waals surface area contributed by atoms with E-state index in [9.17, 15) is 9.59 Å². The Labute approximate surface area is 166 Å². The largest absolute Gasteiger partial charge is 0.411 e. The van der Waals surface area contributed by atoms with E-state index in [1.54, 1.807) is 31.3 Å². The maximum absolute atomic E-state index is 12.1. The van der Waals surface area contributed by atoms with Crippen LogP contribution < -0.4 is 10.6 Å². The van der Waals surface area contributed by atoms with Gasteiger partial charge in [0.1, 0.15) is 0 Å². The monoisotopic (exact) mass is 396 g/mol. The van der Waals surface area contributed by atoms with E-state index in [0.29, 0.717) is 22.4 Å². The average Bonchev–Trinajstić information content (AvgIpc) is 3.15. The van der Waals surface area contributed by atoms with Crippen molar-refractivity contribution in [3.63, 3.8) is 0 Å². The van der Waals surface area contributed by atoms with Gasteiger partial charge in [0.15, 0.2) is 0 Å². The Morgan fingerprint density at radius 2 is 1.71 bits per heavy atom. The van der Waals surface area contributed by atoms with Crippen molar-refractivity contribution < 1.29 is 14.0 Å². The van der Waals surface area contributed by atoms with Crippen molar-refractivity contribution in [1.82, 2.24) is 15.5 Å². The molecule has 0 aliphatic heterocycles. The van der Waals surface area contributed by atoms with Gasteiger partial charge in [-0.15, -0.1) is 10.2 Å². The third kappa shape index (κ3) is 4.98. The summed E-state index contributed by atoms with van der Waals surface area (Å²) in [6.07, 6.45) is 0. The maximum Gasteiger partial charge on any atom is 0.277 e. The number of aromatic nitrogens is 2. The summed E-state index contributed by atoms with van der Waals surface area (Å²) in [5.41, 5.74) is 4.23. The summed E-state index contributed by atoms with van der Waals surface area (Å²) in [4.78, 5) is 23.6. The van der Waals surface area contributed by atoms with E-state index in [0.717, 1.165) is 16.7 Å². The van der Waals surface area contributed by atoms with Gasteiger partial charge in [-0.3, -0.25) is 9.59 Å². The zero-order chi connectivity index (χ0) is 20.1. The van der Waals surface area contributed by atoms with E-state index in [1.807, 2.05) is 26.0 Å². The van der Waals surface area contributed by atoms with Gasteiger partial charge in [0.2, 0.25) is 11.8 Å². The molecule has 28 heavy (non-hydrogen) atoms. The number of thioether (sulfide) groups is 1. The lowest BCUT2D eigenvalue weighted by Crippen LogP contribution is -2.18. The lowest BCUT2D eigenvalue weighted by molar-refractivity contribution is -0.113. The Bertz CT molecular complexity index is 979. The number of carbonyl (C=O) groups is 2. The summed E-state index contributed by atoms with van der Waals surface area (Å²) in [6.45, 7) is 4.02. The van der Waals surface area contributed by atoms with E-state index < -0.39 is 0 Å². The summed E-state index contributed by atoms with van der Waals surface area (Å²) < 4.78 is 5.65. The Balaban J connectivity index is 1.56. The first kappa shape index (κ1) is 19.6. The predicted molar refractivity (Wildman–Crippen MR) is 108 cm³/mol. The van der Waals surface area contributed by atoms with Gasteiger partial charge in [0.05, 0.1) is 5.75 Å². The van der Waals surface area contributed by atoms with Crippen molar-refractivity contribution in [2.24, 2.45) is 0 Å². The summed E-state index contributed by atoms with van der Waals surface area (Å²) >= 11 is 1.17. The summed E-state index contributed by atoms with van der Waals surface area (Å²) in [6, 6.07) is 12.7. The van der Waals surface area contributed by atoms with Crippen LogP contribution in [0.25, 0.3) is 11.5 Å². The predicted octanol–water partition coefficient (Wildman–Crippen LogP) is 3.44. The molecule has 0 saturated heterocycles. The number of aryl methyl sites for hydroxylation is 2. The Kier molecular flexibility index (Phi) is 6.10. The quantitative estimate of drug-likeness (QED) is 0.620. The molecule has 0 unspecified atom stereocenters. The molecule has 0 aliphatic carbocycles. The molecule has 0 fully saturated rings. The number of anilines is 1. The van der Waals surface area contributed by atoms with Gasteiger partial charge in [0, 0.05) is 23.9 Å². The first-order chi connectivity index (χ1) is 13.4. The Hall–Kier alpha value is -3.13. The highest BCUT2D eigenvalue weighted by atomic mass is 32.2. The molecule has 0 saturated carbocycles. The molecular formula is C20H20N4O3S. The highest BCUT2D eigenvalue weighted by Crippen LogP contribution is 2.25. The number of hydrogen-bond acceptors (Lipinski definition) is 6. The van der Waals surface area contributed by atoms with E-state index in [4.69, 9.17) is 4.42 Å². The molecule has 0 spiro atoms. The lowest BCUT2D eigenvalue weighted by Gasteiger charge is -2.05. The lowest BCUT2D eigenvalue weighted by atomic mass is 10.1. The standard InChI is InChI=1S/C20H20N4O3S/c1-12-8-13(2)10-15(9-12)19-23-24-20(27-19)28-11-17(25)22-16-6-4-14(5-7-16)18(26)21-3/h4-10H,11H2,1-3H3,(H,21,26)(H,22,25). The summed E-state index contributed by atoms with van der Waals surface area (Å²) in [5, 5.41) is 13.7. The fourth-order valence-electron chi connectivity index (χ4n) is 2.66. The van der Waals surface area contributed by atoms with Gasteiger partial charge in [-0.25, -0.2) is 0 Å². The third-order valence-electron chi connectivity index (χ3n) is 3.86.